The summed E-state index contributed by atoms with van der Waals surface area (Å²) in [6.07, 6.45) is -3.89. The third kappa shape index (κ3) is 4.96. The van der Waals surface area contributed by atoms with Crippen LogP contribution in [0, 0.1) is 17.1 Å². The second-order valence-corrected chi connectivity index (χ2v) is 11.0. The molecule has 0 saturated carbocycles. The first-order chi connectivity index (χ1) is 16.9. The number of nitrogens with zero attached hydrogens (tertiary/aromatic N) is 2. The molecule has 5 nitrogen and oxygen atoms in total. The van der Waals surface area contributed by atoms with E-state index in [1.807, 2.05) is 0 Å². The minimum Gasteiger partial charge on any atom is -0.302 e. The minimum absolute atomic E-state index is 0.0673. The van der Waals surface area contributed by atoms with Crippen molar-refractivity contribution in [3.63, 3.8) is 0 Å². The second-order valence-electron chi connectivity index (χ2n) is 7.87. The molecule has 36 heavy (non-hydrogen) atoms. The molecule has 2 heterocycles. The Morgan fingerprint density at radius 3 is 2.22 bits per heavy atom. The largest absolute Gasteiger partial charge is 0.417 e. The summed E-state index contributed by atoms with van der Waals surface area (Å²) in [6.45, 7) is -0.385. The molecule has 0 atom stereocenters. The topological polar surface area (TPSA) is 79.9 Å². The number of benzene rings is 2. The average Bonchev–Trinajstić information content (AvgIpc) is 3.30. The molecule has 0 spiro atoms. The highest BCUT2D eigenvalue weighted by molar-refractivity contribution is 7.90. The van der Waals surface area contributed by atoms with E-state index in [-0.39, 0.29) is 27.6 Å². The number of thiophene rings is 1. The molecule has 0 aliphatic rings. The summed E-state index contributed by atoms with van der Waals surface area (Å²) in [5.41, 5.74) is -3.07. The number of aromatic nitrogens is 1. The van der Waals surface area contributed by atoms with Gasteiger partial charge in [0.1, 0.15) is 17.4 Å². The third-order valence-corrected chi connectivity index (χ3v) is 7.71. The van der Waals surface area contributed by atoms with E-state index in [2.05, 4.69) is 0 Å². The van der Waals surface area contributed by atoms with E-state index in [4.69, 9.17) is 0 Å². The van der Waals surface area contributed by atoms with Gasteiger partial charge in [0.15, 0.2) is 9.84 Å². The average molecular weight is 533 g/mol. The fourth-order valence-corrected chi connectivity index (χ4v) is 5.30. The maximum Gasteiger partial charge on any atom is 0.417 e. The van der Waals surface area contributed by atoms with Gasteiger partial charge in [0.2, 0.25) is 0 Å². The van der Waals surface area contributed by atoms with E-state index >= 15 is 0 Å². The molecule has 0 aliphatic carbocycles. The van der Waals surface area contributed by atoms with Gasteiger partial charge in [0.05, 0.1) is 27.6 Å². The van der Waals surface area contributed by atoms with Crippen molar-refractivity contribution in [3.8, 4) is 27.1 Å². The number of alkyl halides is 3. The van der Waals surface area contributed by atoms with Gasteiger partial charge in [-0.05, 0) is 42.0 Å². The van der Waals surface area contributed by atoms with Gasteiger partial charge in [0, 0.05) is 16.7 Å². The molecule has 0 amide bonds. The lowest BCUT2D eigenvalue weighted by Crippen LogP contribution is -2.28. The normalized spacial score (nSPS) is 11.9. The molecule has 4 rings (SSSR count). The van der Waals surface area contributed by atoms with Crippen LogP contribution in [0.15, 0.2) is 76.4 Å². The van der Waals surface area contributed by atoms with E-state index < -0.39 is 38.5 Å². The fraction of sp³-hybridized carbons (Fsp3) is 0.120. The highest BCUT2D eigenvalue weighted by Crippen LogP contribution is 2.38. The summed E-state index contributed by atoms with van der Waals surface area (Å²) in [5, 5.41) is 9.32. The Kier molecular flexibility index (Phi) is 6.60. The molecule has 0 bridgehead atoms. The van der Waals surface area contributed by atoms with Crippen LogP contribution in [0.25, 0.3) is 21.0 Å². The van der Waals surface area contributed by atoms with Gasteiger partial charge in [-0.1, -0.05) is 30.3 Å². The predicted molar refractivity (Wildman–Crippen MR) is 128 cm³/mol. The van der Waals surface area contributed by atoms with Crippen molar-refractivity contribution in [3.05, 3.63) is 99.6 Å². The zero-order chi connectivity index (χ0) is 26.3. The van der Waals surface area contributed by atoms with Crippen LogP contribution in [0.4, 0.5) is 17.6 Å². The Bertz CT molecular complexity index is 1660. The Balaban J connectivity index is 1.89. The lowest BCUT2D eigenvalue weighted by Gasteiger charge is -2.17. The molecule has 4 aromatic rings. The summed E-state index contributed by atoms with van der Waals surface area (Å²) in [4.78, 5) is 14.0. The van der Waals surface area contributed by atoms with Gasteiger partial charge in [0.25, 0.3) is 5.56 Å². The number of rotatable bonds is 5. The van der Waals surface area contributed by atoms with Crippen LogP contribution in [0.1, 0.15) is 16.7 Å². The van der Waals surface area contributed by atoms with Gasteiger partial charge in [-0.25, -0.2) is 12.8 Å². The van der Waals surface area contributed by atoms with Crippen molar-refractivity contribution in [2.45, 2.75) is 17.6 Å². The molecule has 0 radical (unpaired) electrons. The molecular weight excluding hydrogens is 516 g/mol. The summed E-state index contributed by atoms with van der Waals surface area (Å²) >= 11 is 1.07. The van der Waals surface area contributed by atoms with Gasteiger partial charge in [-0.3, -0.25) is 4.79 Å². The van der Waals surface area contributed by atoms with E-state index in [1.54, 1.807) is 18.2 Å². The number of hydrogen-bond donors (Lipinski definition) is 0. The smallest absolute Gasteiger partial charge is 0.302 e. The lowest BCUT2D eigenvalue weighted by atomic mass is 10.1. The lowest BCUT2D eigenvalue weighted by molar-refractivity contribution is -0.137. The highest BCUT2D eigenvalue weighted by Gasteiger charge is 2.36. The summed E-state index contributed by atoms with van der Waals surface area (Å²) in [7, 11) is -3.41. The van der Waals surface area contributed by atoms with E-state index in [0.717, 1.165) is 28.2 Å². The van der Waals surface area contributed by atoms with Crippen molar-refractivity contribution < 1.29 is 26.0 Å². The first-order valence-electron chi connectivity index (χ1n) is 10.3. The Morgan fingerprint density at radius 1 is 1.00 bits per heavy atom. The van der Waals surface area contributed by atoms with Crippen LogP contribution >= 0.6 is 11.3 Å². The van der Waals surface area contributed by atoms with Crippen LogP contribution in [0.2, 0.25) is 0 Å². The number of halogens is 4. The van der Waals surface area contributed by atoms with E-state index in [0.29, 0.717) is 10.4 Å². The summed E-state index contributed by atoms with van der Waals surface area (Å²) < 4.78 is 79.9. The molecule has 0 fully saturated rings. The molecule has 0 unspecified atom stereocenters. The fourth-order valence-electron chi connectivity index (χ4n) is 3.63. The Labute approximate surface area is 207 Å². The summed E-state index contributed by atoms with van der Waals surface area (Å²) in [5.74, 6) is -0.647. The van der Waals surface area contributed by atoms with E-state index in [1.165, 1.54) is 48.5 Å². The predicted octanol–water partition coefficient (Wildman–Crippen LogP) is 5.73. The first-order valence-corrected chi connectivity index (χ1v) is 13.0. The standard InChI is InChI=1S/C25H16F4N2O3S2/c1-36(33,34)17-8-6-15(7-9-17)22-10-11-23(35-22)21-12-19(25(27,28)29)18(13-30)24(32)31(21)14-16-4-2-3-5-20(16)26/h2-12H,14H2,1H3. The second kappa shape index (κ2) is 9.37. The maximum atomic E-state index is 14.3. The Hall–Kier alpha value is -3.75. The summed E-state index contributed by atoms with van der Waals surface area (Å²) in [6, 6.07) is 16.7. The SMILES string of the molecule is CS(=O)(=O)c1ccc(-c2ccc(-c3cc(C(F)(F)F)c(C#N)c(=O)n3Cc3ccccc3F)s2)cc1. The van der Waals surface area contributed by atoms with Crippen LogP contribution in [0.3, 0.4) is 0 Å². The van der Waals surface area contributed by atoms with Gasteiger partial charge in [-0.2, -0.15) is 18.4 Å². The van der Waals surface area contributed by atoms with Crippen LogP contribution < -0.4 is 5.56 Å². The molecule has 2 aromatic carbocycles. The van der Waals surface area contributed by atoms with Crippen LogP contribution in [-0.4, -0.2) is 19.2 Å². The number of hydrogen-bond acceptors (Lipinski definition) is 5. The van der Waals surface area contributed by atoms with Crippen molar-refractivity contribution >= 4 is 21.2 Å². The molecule has 0 saturated heterocycles. The first kappa shape index (κ1) is 25.3. The molecular formula is C25H16F4N2O3S2. The molecule has 0 aliphatic heterocycles. The maximum absolute atomic E-state index is 14.3. The zero-order valence-corrected chi connectivity index (χ0v) is 20.1. The van der Waals surface area contributed by atoms with Crippen molar-refractivity contribution in [1.29, 1.82) is 5.26 Å². The molecule has 0 N–H and O–H groups in total. The highest BCUT2D eigenvalue weighted by atomic mass is 32.2. The quantitative estimate of drug-likeness (QED) is 0.308. The Morgan fingerprint density at radius 2 is 1.64 bits per heavy atom. The van der Waals surface area contributed by atoms with Crippen LogP contribution in [0.5, 0.6) is 0 Å². The van der Waals surface area contributed by atoms with Crippen molar-refractivity contribution in [2.75, 3.05) is 6.26 Å². The number of nitriles is 1. The van der Waals surface area contributed by atoms with Crippen molar-refractivity contribution in [1.82, 2.24) is 4.57 Å². The van der Waals surface area contributed by atoms with Gasteiger partial charge in [-0.15, -0.1) is 11.3 Å². The van der Waals surface area contributed by atoms with Gasteiger partial charge < -0.3 is 4.57 Å². The van der Waals surface area contributed by atoms with Crippen LogP contribution in [-0.2, 0) is 22.6 Å². The number of pyridine rings is 1. The van der Waals surface area contributed by atoms with Crippen molar-refractivity contribution in [2.24, 2.45) is 0 Å². The van der Waals surface area contributed by atoms with E-state index in [9.17, 15) is 36.0 Å². The zero-order valence-electron chi connectivity index (χ0n) is 18.5. The molecule has 11 heteroatoms. The third-order valence-electron chi connectivity index (χ3n) is 5.43. The molecule has 2 aromatic heterocycles. The number of sulfone groups is 1. The minimum atomic E-state index is -4.96. The van der Waals surface area contributed by atoms with Gasteiger partial charge >= 0.3 is 6.18 Å². The molecule has 184 valence electrons. The monoisotopic (exact) mass is 532 g/mol.